The van der Waals surface area contributed by atoms with Crippen LogP contribution in [0.2, 0.25) is 5.02 Å². The normalized spacial score (nSPS) is 13.2. The smallest absolute Gasteiger partial charge is 0.0817 e. The van der Waals surface area contributed by atoms with E-state index in [1.54, 1.807) is 0 Å². The molecule has 16 heavy (non-hydrogen) atoms. The summed E-state index contributed by atoms with van der Waals surface area (Å²) in [6, 6.07) is 5.81. The first-order valence-corrected chi connectivity index (χ1v) is 5.64. The van der Waals surface area contributed by atoms with Crippen LogP contribution in [-0.2, 0) is 7.05 Å². The molecule has 0 aliphatic carbocycles. The minimum Gasteiger partial charge on any atom is -0.388 e. The molecule has 0 amide bonds. The van der Waals surface area contributed by atoms with Crippen LogP contribution in [0.4, 0.5) is 0 Å². The van der Waals surface area contributed by atoms with Gasteiger partial charge in [0.15, 0.2) is 0 Å². The highest BCUT2D eigenvalue weighted by Gasteiger charge is 2.13. The van der Waals surface area contributed by atoms with Gasteiger partial charge in [-0.3, -0.25) is 0 Å². The van der Waals surface area contributed by atoms with E-state index in [0.717, 1.165) is 16.5 Å². The van der Waals surface area contributed by atoms with E-state index >= 15 is 0 Å². The van der Waals surface area contributed by atoms with Gasteiger partial charge in [0.25, 0.3) is 0 Å². The van der Waals surface area contributed by atoms with Gasteiger partial charge in [0.05, 0.1) is 6.10 Å². The molecule has 4 heteroatoms. The topological polar surface area (TPSA) is 51.2 Å². The van der Waals surface area contributed by atoms with Crippen molar-refractivity contribution in [1.29, 1.82) is 0 Å². The molecule has 0 fully saturated rings. The Morgan fingerprint density at radius 3 is 2.94 bits per heavy atom. The fraction of sp³-hybridized carbons (Fsp3) is 0.333. The summed E-state index contributed by atoms with van der Waals surface area (Å²) >= 11 is 6.13. The number of aliphatic hydroxyl groups is 1. The molecule has 0 radical (unpaired) electrons. The molecule has 3 nitrogen and oxygen atoms in total. The lowest BCUT2D eigenvalue weighted by atomic mass is 10.0. The highest BCUT2D eigenvalue weighted by molar-refractivity contribution is 6.32. The number of nitrogens with zero attached hydrogens (tertiary/aromatic N) is 1. The third-order valence-corrected chi connectivity index (χ3v) is 3.13. The van der Waals surface area contributed by atoms with Crippen LogP contribution < -0.4 is 5.73 Å². The molecule has 3 N–H and O–H groups in total. The summed E-state index contributed by atoms with van der Waals surface area (Å²) in [4.78, 5) is 0. The first kappa shape index (κ1) is 11.5. The Balaban J connectivity index is 2.52. The number of halogens is 1. The maximum absolute atomic E-state index is 9.92. The molecule has 1 aromatic heterocycles. The molecule has 0 saturated carbocycles. The molecule has 86 valence electrons. The summed E-state index contributed by atoms with van der Waals surface area (Å²) in [6.45, 7) is 0.447. The standard InChI is InChI=1S/C12H15ClN2O/c1-15-5-3-8-6-10(13)9(7-11(8)15)12(16)2-4-14/h3,5-7,12,16H,2,4,14H2,1H3. The summed E-state index contributed by atoms with van der Waals surface area (Å²) in [7, 11) is 1.97. The van der Waals surface area contributed by atoms with Gasteiger partial charge in [-0.2, -0.15) is 0 Å². The predicted octanol–water partition coefficient (Wildman–Crippen LogP) is 2.21. The average molecular weight is 239 g/mol. The monoisotopic (exact) mass is 238 g/mol. The van der Waals surface area contributed by atoms with Crippen LogP contribution in [-0.4, -0.2) is 16.2 Å². The lowest BCUT2D eigenvalue weighted by molar-refractivity contribution is 0.170. The van der Waals surface area contributed by atoms with E-state index in [2.05, 4.69) is 0 Å². The Bertz CT molecular complexity index is 507. The number of hydrogen-bond acceptors (Lipinski definition) is 2. The molecular weight excluding hydrogens is 224 g/mol. The van der Waals surface area contributed by atoms with Crippen LogP contribution in [0.5, 0.6) is 0 Å². The number of rotatable bonds is 3. The predicted molar refractivity (Wildman–Crippen MR) is 66.6 cm³/mol. The third-order valence-electron chi connectivity index (χ3n) is 2.80. The quantitative estimate of drug-likeness (QED) is 0.862. The first-order chi connectivity index (χ1) is 7.63. The van der Waals surface area contributed by atoms with Crippen molar-refractivity contribution in [3.8, 4) is 0 Å². The summed E-state index contributed by atoms with van der Waals surface area (Å²) in [5, 5.41) is 11.6. The van der Waals surface area contributed by atoms with Crippen molar-refractivity contribution in [2.45, 2.75) is 12.5 Å². The summed E-state index contributed by atoms with van der Waals surface area (Å²) < 4.78 is 2.00. The zero-order valence-corrected chi connectivity index (χ0v) is 9.91. The van der Waals surface area contributed by atoms with Crippen LogP contribution >= 0.6 is 11.6 Å². The SMILES string of the molecule is Cn1ccc2cc(Cl)c(C(O)CCN)cc21. The van der Waals surface area contributed by atoms with Crippen molar-refractivity contribution in [3.63, 3.8) is 0 Å². The molecule has 0 aliphatic rings. The van der Waals surface area contributed by atoms with E-state index in [4.69, 9.17) is 17.3 Å². The maximum atomic E-state index is 9.92. The van der Waals surface area contributed by atoms with E-state index in [1.165, 1.54) is 0 Å². The minimum atomic E-state index is -0.586. The van der Waals surface area contributed by atoms with E-state index in [-0.39, 0.29) is 0 Å². The molecule has 1 aromatic carbocycles. The Hall–Kier alpha value is -1.03. The van der Waals surface area contributed by atoms with Crippen LogP contribution in [0.3, 0.4) is 0 Å². The van der Waals surface area contributed by atoms with Gasteiger partial charge < -0.3 is 15.4 Å². The van der Waals surface area contributed by atoms with Gasteiger partial charge in [0.1, 0.15) is 0 Å². The molecule has 1 unspecified atom stereocenters. The molecule has 1 heterocycles. The second kappa shape index (κ2) is 4.45. The Labute approximate surface area is 99.4 Å². The summed E-state index contributed by atoms with van der Waals surface area (Å²) in [5.74, 6) is 0. The number of aromatic nitrogens is 1. The van der Waals surface area contributed by atoms with Crippen molar-refractivity contribution in [1.82, 2.24) is 4.57 Å². The van der Waals surface area contributed by atoms with Crippen molar-refractivity contribution in [2.75, 3.05) is 6.54 Å². The number of nitrogens with two attached hydrogens (primary N) is 1. The third kappa shape index (κ3) is 1.94. The van der Waals surface area contributed by atoms with Gasteiger partial charge >= 0.3 is 0 Å². The van der Waals surface area contributed by atoms with Gasteiger partial charge in [0.2, 0.25) is 0 Å². The molecule has 0 bridgehead atoms. The zero-order chi connectivity index (χ0) is 11.7. The lowest BCUT2D eigenvalue weighted by Gasteiger charge is -2.12. The average Bonchev–Trinajstić information content (AvgIpc) is 2.59. The number of aryl methyl sites for hydroxylation is 1. The number of fused-ring (bicyclic) bond motifs is 1. The van der Waals surface area contributed by atoms with Crippen LogP contribution in [0.25, 0.3) is 10.9 Å². The molecule has 0 aliphatic heterocycles. The largest absolute Gasteiger partial charge is 0.388 e. The van der Waals surface area contributed by atoms with Crippen LogP contribution in [0.1, 0.15) is 18.1 Å². The van der Waals surface area contributed by atoms with E-state index in [0.29, 0.717) is 18.0 Å². The second-order valence-corrected chi connectivity index (χ2v) is 4.36. The van der Waals surface area contributed by atoms with Crippen molar-refractivity contribution in [2.24, 2.45) is 12.8 Å². The Morgan fingerprint density at radius 2 is 2.25 bits per heavy atom. The Morgan fingerprint density at radius 1 is 1.50 bits per heavy atom. The van der Waals surface area contributed by atoms with Crippen LogP contribution in [0.15, 0.2) is 24.4 Å². The zero-order valence-electron chi connectivity index (χ0n) is 9.15. The van der Waals surface area contributed by atoms with Crippen molar-refractivity contribution in [3.05, 3.63) is 35.0 Å². The van der Waals surface area contributed by atoms with Gasteiger partial charge in [0, 0.05) is 34.7 Å². The minimum absolute atomic E-state index is 0.447. The fourth-order valence-corrected chi connectivity index (χ4v) is 2.17. The van der Waals surface area contributed by atoms with E-state index in [1.807, 2.05) is 36.0 Å². The van der Waals surface area contributed by atoms with Gasteiger partial charge in [-0.15, -0.1) is 0 Å². The first-order valence-electron chi connectivity index (χ1n) is 5.26. The molecule has 2 rings (SSSR count). The number of benzene rings is 1. The number of aliphatic hydroxyl groups excluding tert-OH is 1. The molecule has 0 spiro atoms. The van der Waals surface area contributed by atoms with Crippen molar-refractivity contribution < 1.29 is 5.11 Å². The van der Waals surface area contributed by atoms with E-state index in [9.17, 15) is 5.11 Å². The van der Waals surface area contributed by atoms with Crippen LogP contribution in [0, 0.1) is 0 Å². The molecule has 2 aromatic rings. The lowest BCUT2D eigenvalue weighted by Crippen LogP contribution is -2.07. The second-order valence-electron chi connectivity index (χ2n) is 3.95. The van der Waals surface area contributed by atoms with E-state index < -0.39 is 6.10 Å². The summed E-state index contributed by atoms with van der Waals surface area (Å²) in [6.07, 6.45) is 1.91. The Kier molecular flexibility index (Phi) is 3.19. The highest BCUT2D eigenvalue weighted by atomic mass is 35.5. The fourth-order valence-electron chi connectivity index (χ4n) is 1.87. The van der Waals surface area contributed by atoms with Gasteiger partial charge in [-0.05, 0) is 31.2 Å². The van der Waals surface area contributed by atoms with Gasteiger partial charge in [-0.1, -0.05) is 11.6 Å². The van der Waals surface area contributed by atoms with Crippen molar-refractivity contribution >= 4 is 22.5 Å². The number of hydrogen-bond donors (Lipinski definition) is 2. The summed E-state index contributed by atoms with van der Waals surface area (Å²) in [5.41, 5.74) is 7.25. The highest BCUT2D eigenvalue weighted by Crippen LogP contribution is 2.30. The molecule has 0 saturated heterocycles. The van der Waals surface area contributed by atoms with Gasteiger partial charge in [-0.25, -0.2) is 0 Å². The molecular formula is C12H15ClN2O. The molecule has 1 atom stereocenters. The maximum Gasteiger partial charge on any atom is 0.0817 e.